The number of anilines is 1. The van der Waals surface area contributed by atoms with Crippen LogP contribution in [-0.2, 0) is 4.79 Å². The lowest BCUT2D eigenvalue weighted by molar-refractivity contribution is -0.116. The topological polar surface area (TPSA) is 71.1 Å². The summed E-state index contributed by atoms with van der Waals surface area (Å²) in [4.78, 5) is 29.8. The van der Waals surface area contributed by atoms with Crippen molar-refractivity contribution in [3.05, 3.63) is 94.8 Å². The molecule has 0 fully saturated rings. The summed E-state index contributed by atoms with van der Waals surface area (Å²) in [6, 6.07) is 19.6. The first-order valence-corrected chi connectivity index (χ1v) is 10.7. The van der Waals surface area contributed by atoms with E-state index < -0.39 is 6.04 Å². The van der Waals surface area contributed by atoms with Crippen molar-refractivity contribution in [1.29, 1.82) is 0 Å². The Morgan fingerprint density at radius 3 is 2.55 bits per heavy atom. The number of rotatable bonds is 6. The summed E-state index contributed by atoms with van der Waals surface area (Å²) in [5, 5.41) is 6.34. The molecule has 2 amide bonds. The Hall–Kier alpha value is -3.29. The number of hydrogen-bond acceptors (Lipinski definition) is 4. The number of nitrogens with zero attached hydrogens (tertiary/aromatic N) is 1. The largest absolute Gasteiger partial charge is 0.345 e. The van der Waals surface area contributed by atoms with Crippen LogP contribution >= 0.6 is 22.9 Å². The minimum absolute atomic E-state index is 0.00943. The van der Waals surface area contributed by atoms with E-state index in [1.807, 2.05) is 30.3 Å². The summed E-state index contributed by atoms with van der Waals surface area (Å²) in [7, 11) is 0. The summed E-state index contributed by atoms with van der Waals surface area (Å²) in [5.74, 6) is -1.06. The quantitative estimate of drug-likeness (QED) is 0.400. The minimum Gasteiger partial charge on any atom is -0.345 e. The Balaban J connectivity index is 1.52. The highest BCUT2D eigenvalue weighted by Crippen LogP contribution is 2.27. The van der Waals surface area contributed by atoms with Crippen molar-refractivity contribution in [3.8, 4) is 0 Å². The second-order valence-electron chi connectivity index (χ2n) is 6.80. The number of carbonyl (C=O) groups is 2. The van der Waals surface area contributed by atoms with Gasteiger partial charge in [-0.05, 0) is 35.9 Å². The zero-order valence-corrected chi connectivity index (χ0v) is 17.7. The van der Waals surface area contributed by atoms with Crippen LogP contribution in [0.2, 0.25) is 5.02 Å². The number of fused-ring (bicyclic) bond motifs is 1. The second kappa shape index (κ2) is 9.24. The summed E-state index contributed by atoms with van der Waals surface area (Å²) in [5.41, 5.74) is 1.72. The Morgan fingerprint density at radius 2 is 1.77 bits per heavy atom. The minimum atomic E-state index is -0.572. The molecule has 4 rings (SSSR count). The van der Waals surface area contributed by atoms with Gasteiger partial charge in [0, 0.05) is 0 Å². The van der Waals surface area contributed by atoms with E-state index >= 15 is 0 Å². The molecule has 0 aliphatic carbocycles. The molecule has 0 unspecified atom stereocenters. The molecule has 1 heterocycles. The van der Waals surface area contributed by atoms with Gasteiger partial charge >= 0.3 is 0 Å². The van der Waals surface area contributed by atoms with Gasteiger partial charge < -0.3 is 10.6 Å². The molecule has 5 nitrogen and oxygen atoms in total. The lowest BCUT2D eigenvalue weighted by Crippen LogP contribution is -2.31. The lowest BCUT2D eigenvalue weighted by atomic mass is 10.0. The fraction of sp³-hybridized carbons (Fsp3) is 0.0870. The smallest absolute Gasteiger partial charge is 0.253 e. The van der Waals surface area contributed by atoms with E-state index in [1.54, 1.807) is 30.3 Å². The van der Waals surface area contributed by atoms with E-state index in [9.17, 15) is 14.0 Å². The second-order valence-corrected chi connectivity index (χ2v) is 8.24. The van der Waals surface area contributed by atoms with Crippen LogP contribution in [0.15, 0.2) is 72.8 Å². The molecule has 156 valence electrons. The average Bonchev–Trinajstić information content (AvgIpc) is 3.15. The molecule has 0 bridgehead atoms. The Morgan fingerprint density at radius 1 is 1.03 bits per heavy atom. The van der Waals surface area contributed by atoms with Crippen molar-refractivity contribution in [2.45, 2.75) is 12.5 Å². The molecule has 0 saturated carbocycles. The van der Waals surface area contributed by atoms with E-state index in [4.69, 9.17) is 11.6 Å². The number of nitrogens with one attached hydrogen (secondary N) is 2. The van der Waals surface area contributed by atoms with Crippen molar-refractivity contribution < 1.29 is 14.0 Å². The van der Waals surface area contributed by atoms with E-state index in [0.717, 1.165) is 5.56 Å². The predicted molar refractivity (Wildman–Crippen MR) is 121 cm³/mol. The zero-order valence-electron chi connectivity index (χ0n) is 16.1. The monoisotopic (exact) mass is 453 g/mol. The molecule has 1 atom stereocenters. The molecular formula is C23H17ClFN3O2S. The van der Waals surface area contributed by atoms with Gasteiger partial charge in [0.15, 0.2) is 5.13 Å². The van der Waals surface area contributed by atoms with Crippen molar-refractivity contribution in [2.24, 2.45) is 0 Å². The van der Waals surface area contributed by atoms with Crippen LogP contribution in [-0.4, -0.2) is 16.8 Å². The Bertz CT molecular complexity index is 1250. The number of aromatic nitrogens is 1. The third-order valence-electron chi connectivity index (χ3n) is 4.61. The highest BCUT2D eigenvalue weighted by atomic mass is 35.5. The van der Waals surface area contributed by atoms with E-state index in [-0.39, 0.29) is 24.1 Å². The summed E-state index contributed by atoms with van der Waals surface area (Å²) < 4.78 is 14.0. The maximum atomic E-state index is 13.4. The maximum absolute atomic E-state index is 13.4. The fourth-order valence-corrected chi connectivity index (χ4v) is 4.26. The normalized spacial score (nSPS) is 11.8. The molecule has 4 aromatic rings. The van der Waals surface area contributed by atoms with Gasteiger partial charge in [-0.25, -0.2) is 9.37 Å². The van der Waals surface area contributed by atoms with Crippen LogP contribution in [0.4, 0.5) is 9.52 Å². The van der Waals surface area contributed by atoms with Gasteiger partial charge in [0.05, 0.1) is 33.3 Å². The molecule has 3 aromatic carbocycles. The van der Waals surface area contributed by atoms with E-state index in [0.29, 0.717) is 25.9 Å². The van der Waals surface area contributed by atoms with Gasteiger partial charge in [-0.1, -0.05) is 65.4 Å². The number of benzene rings is 3. The zero-order chi connectivity index (χ0) is 21.8. The first-order chi connectivity index (χ1) is 15.0. The molecule has 1 aromatic heterocycles. The van der Waals surface area contributed by atoms with Gasteiger partial charge in [-0.15, -0.1) is 0 Å². The van der Waals surface area contributed by atoms with Crippen molar-refractivity contribution in [2.75, 3.05) is 5.32 Å². The van der Waals surface area contributed by atoms with E-state index in [2.05, 4.69) is 15.6 Å². The number of carbonyl (C=O) groups excluding carboxylic acids is 2. The average molecular weight is 454 g/mol. The molecule has 31 heavy (non-hydrogen) atoms. The molecule has 0 spiro atoms. The standard InChI is InChI=1S/C23H17ClFN3O2S/c24-17-9-5-4-8-16(17)22(30)26-19(14-6-2-1-3-7-14)13-21(29)28-23-27-18-11-10-15(25)12-20(18)31-23/h1-12,19H,13H2,(H,26,30)(H,27,28,29)/t19-/m1/s1. The Kier molecular flexibility index (Phi) is 6.25. The van der Waals surface area contributed by atoms with Crippen LogP contribution in [0.5, 0.6) is 0 Å². The molecule has 0 radical (unpaired) electrons. The molecule has 2 N–H and O–H groups in total. The number of thiazole rings is 1. The summed E-state index contributed by atoms with van der Waals surface area (Å²) >= 11 is 7.33. The fourth-order valence-electron chi connectivity index (χ4n) is 3.13. The molecule has 0 aliphatic rings. The third-order valence-corrected chi connectivity index (χ3v) is 5.88. The van der Waals surface area contributed by atoms with Gasteiger partial charge in [-0.2, -0.15) is 0 Å². The van der Waals surface area contributed by atoms with Crippen LogP contribution in [0, 0.1) is 5.82 Å². The molecule has 0 aliphatic heterocycles. The van der Waals surface area contributed by atoms with Crippen molar-refractivity contribution in [1.82, 2.24) is 10.3 Å². The Labute approximate surface area is 186 Å². The number of amides is 2. The van der Waals surface area contributed by atoms with E-state index in [1.165, 1.54) is 23.5 Å². The number of halogens is 2. The molecule has 8 heteroatoms. The summed E-state index contributed by atoms with van der Waals surface area (Å²) in [6.07, 6.45) is -0.00943. The highest BCUT2D eigenvalue weighted by Gasteiger charge is 2.21. The van der Waals surface area contributed by atoms with Gasteiger partial charge in [0.25, 0.3) is 5.91 Å². The van der Waals surface area contributed by atoms with Crippen LogP contribution in [0.25, 0.3) is 10.2 Å². The SMILES string of the molecule is O=C(C[C@@H](NC(=O)c1ccccc1Cl)c1ccccc1)Nc1nc2ccc(F)cc2s1. The highest BCUT2D eigenvalue weighted by molar-refractivity contribution is 7.22. The van der Waals surface area contributed by atoms with Crippen molar-refractivity contribution >= 4 is 50.1 Å². The molecular weight excluding hydrogens is 437 g/mol. The van der Waals surface area contributed by atoms with Crippen molar-refractivity contribution in [3.63, 3.8) is 0 Å². The molecule has 0 saturated heterocycles. The van der Waals surface area contributed by atoms with Crippen LogP contribution in [0.3, 0.4) is 0 Å². The summed E-state index contributed by atoms with van der Waals surface area (Å²) in [6.45, 7) is 0. The predicted octanol–water partition coefficient (Wildman–Crippen LogP) is 5.59. The van der Waals surface area contributed by atoms with Gasteiger partial charge in [0.1, 0.15) is 5.82 Å². The van der Waals surface area contributed by atoms with Crippen LogP contribution < -0.4 is 10.6 Å². The van der Waals surface area contributed by atoms with Gasteiger partial charge in [-0.3, -0.25) is 9.59 Å². The first-order valence-electron chi connectivity index (χ1n) is 9.46. The lowest BCUT2D eigenvalue weighted by Gasteiger charge is -2.19. The van der Waals surface area contributed by atoms with Gasteiger partial charge in [0.2, 0.25) is 5.91 Å². The number of hydrogen-bond donors (Lipinski definition) is 2. The van der Waals surface area contributed by atoms with Crippen LogP contribution in [0.1, 0.15) is 28.4 Å². The maximum Gasteiger partial charge on any atom is 0.253 e. The first kappa shape index (κ1) is 21.0. The third kappa shape index (κ3) is 5.07.